The lowest BCUT2D eigenvalue weighted by Gasteiger charge is -2.15. The van der Waals surface area contributed by atoms with E-state index in [9.17, 15) is 8.42 Å². The van der Waals surface area contributed by atoms with Gasteiger partial charge in [-0.05, 0) is 24.3 Å². The summed E-state index contributed by atoms with van der Waals surface area (Å²) in [5, 5.41) is 0. The predicted molar refractivity (Wildman–Crippen MR) is 62.4 cm³/mol. The van der Waals surface area contributed by atoms with E-state index >= 15 is 0 Å². The topological polar surface area (TPSA) is 75.4 Å². The fraction of sp³-hybridized carbons (Fsp3) is 0.250. The van der Waals surface area contributed by atoms with Crippen molar-refractivity contribution >= 4 is 34.0 Å². The van der Waals surface area contributed by atoms with Crippen molar-refractivity contribution in [1.82, 2.24) is 4.72 Å². The van der Waals surface area contributed by atoms with E-state index in [2.05, 4.69) is 4.72 Å². The summed E-state index contributed by atoms with van der Waals surface area (Å²) < 4.78 is 26.6. The normalized spacial score (nSPS) is 18.5. The first kappa shape index (κ1) is 12.1. The van der Waals surface area contributed by atoms with Gasteiger partial charge in [-0.25, -0.2) is 0 Å². The monoisotopic (exact) mass is 249 g/mol. The summed E-state index contributed by atoms with van der Waals surface area (Å²) in [4.78, 5) is 0. The first-order valence-electron chi connectivity index (χ1n) is 4.22. The summed E-state index contributed by atoms with van der Waals surface area (Å²) >= 11 is 0. The van der Waals surface area contributed by atoms with Crippen molar-refractivity contribution in [2.24, 2.45) is 0 Å². The number of anilines is 2. The fourth-order valence-electron chi connectivity index (χ4n) is 1.38. The highest BCUT2D eigenvalue weighted by Gasteiger charge is 2.27. The standard InChI is InChI=1S/C8H11N3O2S.ClH/c9-7-1-3-8(4-2-7)11-6-5-10-14(11,12)13;/h1-4,10H,5-6,9H2;1H. The molecule has 5 nitrogen and oxygen atoms in total. The molecule has 0 amide bonds. The third kappa shape index (κ3) is 2.34. The molecule has 84 valence electrons. The first-order valence-corrected chi connectivity index (χ1v) is 5.66. The second-order valence-corrected chi connectivity index (χ2v) is 4.74. The lowest BCUT2D eigenvalue weighted by Crippen LogP contribution is -2.29. The molecule has 7 heteroatoms. The fourth-order valence-corrected chi connectivity index (χ4v) is 2.62. The summed E-state index contributed by atoms with van der Waals surface area (Å²) in [6.45, 7) is 0.916. The molecule has 1 fully saturated rings. The Balaban J connectivity index is 0.00000112. The van der Waals surface area contributed by atoms with Gasteiger partial charge < -0.3 is 5.73 Å². The third-order valence-electron chi connectivity index (χ3n) is 2.07. The SMILES string of the molecule is Cl.Nc1ccc(N2CCNS2(=O)=O)cc1. The Kier molecular flexibility index (Phi) is 3.43. The van der Waals surface area contributed by atoms with Crippen molar-refractivity contribution in [3.63, 3.8) is 0 Å². The minimum Gasteiger partial charge on any atom is -0.399 e. The summed E-state index contributed by atoms with van der Waals surface area (Å²) in [5.74, 6) is 0. The molecule has 1 aliphatic rings. The van der Waals surface area contributed by atoms with Gasteiger partial charge in [0, 0.05) is 18.8 Å². The van der Waals surface area contributed by atoms with Crippen LogP contribution in [0.1, 0.15) is 0 Å². The van der Waals surface area contributed by atoms with Gasteiger partial charge in [0.15, 0.2) is 0 Å². The lowest BCUT2D eigenvalue weighted by molar-refractivity contribution is 0.592. The minimum absolute atomic E-state index is 0. The van der Waals surface area contributed by atoms with Crippen LogP contribution in [0.5, 0.6) is 0 Å². The molecule has 1 heterocycles. The Morgan fingerprint density at radius 1 is 1.27 bits per heavy atom. The van der Waals surface area contributed by atoms with Gasteiger partial charge in [0.1, 0.15) is 0 Å². The largest absolute Gasteiger partial charge is 0.399 e. The molecule has 0 bridgehead atoms. The highest BCUT2D eigenvalue weighted by atomic mass is 35.5. The van der Waals surface area contributed by atoms with Crippen molar-refractivity contribution in [2.45, 2.75) is 0 Å². The van der Waals surface area contributed by atoms with Crippen LogP contribution in [-0.2, 0) is 10.2 Å². The maximum Gasteiger partial charge on any atom is 0.301 e. The average molecular weight is 250 g/mol. The lowest BCUT2D eigenvalue weighted by atomic mass is 10.3. The number of nitrogens with two attached hydrogens (primary N) is 1. The highest BCUT2D eigenvalue weighted by molar-refractivity contribution is 7.91. The number of nitrogens with one attached hydrogen (secondary N) is 1. The van der Waals surface area contributed by atoms with E-state index in [0.717, 1.165) is 0 Å². The molecule has 1 aromatic rings. The van der Waals surface area contributed by atoms with Crippen LogP contribution in [-0.4, -0.2) is 21.5 Å². The number of nitrogens with zero attached hydrogens (tertiary/aromatic N) is 1. The molecule has 1 aliphatic heterocycles. The van der Waals surface area contributed by atoms with Gasteiger partial charge in [0.25, 0.3) is 0 Å². The number of benzene rings is 1. The van der Waals surface area contributed by atoms with Crippen LogP contribution in [0.2, 0.25) is 0 Å². The summed E-state index contributed by atoms with van der Waals surface area (Å²) in [7, 11) is -3.31. The summed E-state index contributed by atoms with van der Waals surface area (Å²) in [6, 6.07) is 6.76. The quantitative estimate of drug-likeness (QED) is 0.705. The second kappa shape index (κ2) is 4.26. The van der Waals surface area contributed by atoms with Crippen LogP contribution in [0.15, 0.2) is 24.3 Å². The van der Waals surface area contributed by atoms with E-state index < -0.39 is 10.2 Å². The molecule has 0 saturated carbocycles. The van der Waals surface area contributed by atoms with E-state index in [1.54, 1.807) is 24.3 Å². The molecule has 0 atom stereocenters. The molecular weight excluding hydrogens is 238 g/mol. The van der Waals surface area contributed by atoms with E-state index in [1.807, 2.05) is 0 Å². The Hall–Kier alpha value is -0.980. The zero-order valence-corrected chi connectivity index (χ0v) is 9.51. The highest BCUT2D eigenvalue weighted by Crippen LogP contribution is 2.20. The van der Waals surface area contributed by atoms with Crippen LogP contribution in [0.3, 0.4) is 0 Å². The maximum absolute atomic E-state index is 11.4. The number of hydrogen-bond donors (Lipinski definition) is 2. The Bertz CT molecular complexity index is 432. The average Bonchev–Trinajstić information content (AvgIpc) is 2.47. The molecule has 0 unspecified atom stereocenters. The van der Waals surface area contributed by atoms with Crippen LogP contribution in [0.25, 0.3) is 0 Å². The Labute approximate surface area is 94.9 Å². The number of halogens is 1. The molecular formula is C8H12ClN3O2S. The summed E-state index contributed by atoms with van der Waals surface area (Å²) in [6.07, 6.45) is 0. The van der Waals surface area contributed by atoms with Crippen LogP contribution in [0.4, 0.5) is 11.4 Å². The van der Waals surface area contributed by atoms with Crippen molar-refractivity contribution in [2.75, 3.05) is 23.1 Å². The number of rotatable bonds is 1. The maximum atomic E-state index is 11.4. The van der Waals surface area contributed by atoms with Crippen molar-refractivity contribution in [1.29, 1.82) is 0 Å². The van der Waals surface area contributed by atoms with Crippen molar-refractivity contribution in [3.05, 3.63) is 24.3 Å². The van der Waals surface area contributed by atoms with Gasteiger partial charge in [-0.2, -0.15) is 13.1 Å². The number of hydrogen-bond acceptors (Lipinski definition) is 3. The number of nitrogen functional groups attached to an aromatic ring is 1. The second-order valence-electron chi connectivity index (χ2n) is 3.06. The van der Waals surface area contributed by atoms with Crippen LogP contribution < -0.4 is 14.8 Å². The molecule has 0 aromatic heterocycles. The van der Waals surface area contributed by atoms with Gasteiger partial charge >= 0.3 is 10.2 Å². The van der Waals surface area contributed by atoms with E-state index in [1.165, 1.54) is 4.31 Å². The molecule has 1 aromatic carbocycles. The first-order chi connectivity index (χ1) is 6.59. The van der Waals surface area contributed by atoms with Gasteiger partial charge in [-0.15, -0.1) is 12.4 Å². The van der Waals surface area contributed by atoms with Gasteiger partial charge in [0.2, 0.25) is 0 Å². The van der Waals surface area contributed by atoms with E-state index in [0.29, 0.717) is 24.5 Å². The van der Waals surface area contributed by atoms with Gasteiger partial charge in [-0.3, -0.25) is 4.31 Å². The van der Waals surface area contributed by atoms with Crippen molar-refractivity contribution < 1.29 is 8.42 Å². The van der Waals surface area contributed by atoms with E-state index in [-0.39, 0.29) is 12.4 Å². The predicted octanol–water partition coefficient (Wildman–Crippen LogP) is 0.345. The molecule has 0 spiro atoms. The van der Waals surface area contributed by atoms with Crippen LogP contribution >= 0.6 is 12.4 Å². The zero-order chi connectivity index (χ0) is 10.2. The Morgan fingerprint density at radius 3 is 2.33 bits per heavy atom. The van der Waals surface area contributed by atoms with Crippen molar-refractivity contribution in [3.8, 4) is 0 Å². The molecule has 0 radical (unpaired) electrons. The van der Waals surface area contributed by atoms with Gasteiger partial charge in [-0.1, -0.05) is 0 Å². The molecule has 2 rings (SSSR count). The smallest absolute Gasteiger partial charge is 0.301 e. The Morgan fingerprint density at radius 2 is 1.87 bits per heavy atom. The minimum atomic E-state index is -3.31. The summed E-state index contributed by atoms with van der Waals surface area (Å²) in [5.41, 5.74) is 6.78. The molecule has 0 aliphatic carbocycles. The van der Waals surface area contributed by atoms with Crippen LogP contribution in [0, 0.1) is 0 Å². The third-order valence-corrected chi connectivity index (χ3v) is 3.61. The van der Waals surface area contributed by atoms with E-state index in [4.69, 9.17) is 5.73 Å². The zero-order valence-electron chi connectivity index (χ0n) is 7.88. The van der Waals surface area contributed by atoms with Gasteiger partial charge in [0.05, 0.1) is 5.69 Å². The molecule has 1 saturated heterocycles. The molecule has 3 N–H and O–H groups in total. The molecule has 15 heavy (non-hydrogen) atoms.